The molecule has 1 aromatic carbocycles. The van der Waals surface area contributed by atoms with Gasteiger partial charge in [0.05, 0.1) is 0 Å². The van der Waals surface area contributed by atoms with Crippen molar-refractivity contribution in [1.82, 2.24) is 10.6 Å². The maximum absolute atomic E-state index is 12.1. The molecule has 2 aliphatic rings. The number of nitrogens with one attached hydrogen (secondary N) is 3. The fourth-order valence-corrected chi connectivity index (χ4v) is 4.07. The summed E-state index contributed by atoms with van der Waals surface area (Å²) in [6, 6.07) is 8.30. The molecule has 6 heteroatoms. The van der Waals surface area contributed by atoms with Crippen molar-refractivity contribution >= 4 is 23.3 Å². The van der Waals surface area contributed by atoms with Gasteiger partial charge in [0.2, 0.25) is 5.91 Å². The molecule has 6 nitrogen and oxygen atoms in total. The SMILES string of the molecule is O=C(CCCNC(=O)NC1CCCCC1)Nc1ccc(N2CCCCC2)cc1. The molecular formula is C22H34N4O2. The van der Waals surface area contributed by atoms with Gasteiger partial charge in [-0.1, -0.05) is 19.3 Å². The van der Waals surface area contributed by atoms with Gasteiger partial charge in [0.1, 0.15) is 0 Å². The first kappa shape index (κ1) is 20.5. The summed E-state index contributed by atoms with van der Waals surface area (Å²) in [6.45, 7) is 2.75. The first-order valence-corrected chi connectivity index (χ1v) is 10.9. The number of nitrogens with zero attached hydrogens (tertiary/aromatic N) is 1. The molecule has 1 heterocycles. The normalized spacial score (nSPS) is 17.8. The Bertz CT molecular complexity index is 620. The molecular weight excluding hydrogens is 352 g/mol. The minimum atomic E-state index is -0.111. The van der Waals surface area contributed by atoms with Gasteiger partial charge >= 0.3 is 6.03 Å². The number of hydrogen-bond donors (Lipinski definition) is 3. The highest BCUT2D eigenvalue weighted by atomic mass is 16.2. The number of benzene rings is 1. The van der Waals surface area contributed by atoms with E-state index in [1.165, 1.54) is 44.2 Å². The van der Waals surface area contributed by atoms with Gasteiger partial charge in [-0.25, -0.2) is 4.79 Å². The third-order valence-corrected chi connectivity index (χ3v) is 5.68. The monoisotopic (exact) mass is 386 g/mol. The zero-order valence-electron chi connectivity index (χ0n) is 16.8. The first-order chi connectivity index (χ1) is 13.7. The van der Waals surface area contributed by atoms with Crippen LogP contribution in [0.3, 0.4) is 0 Å². The Hall–Kier alpha value is -2.24. The number of anilines is 2. The van der Waals surface area contributed by atoms with Crippen LogP contribution in [-0.2, 0) is 4.79 Å². The minimum absolute atomic E-state index is 0.0137. The second-order valence-electron chi connectivity index (χ2n) is 7.98. The second-order valence-corrected chi connectivity index (χ2v) is 7.98. The second kappa shape index (κ2) is 10.9. The van der Waals surface area contributed by atoms with Crippen LogP contribution in [0.15, 0.2) is 24.3 Å². The average Bonchev–Trinajstić information content (AvgIpc) is 2.73. The zero-order chi connectivity index (χ0) is 19.6. The molecule has 1 saturated heterocycles. The Morgan fingerprint density at radius 2 is 1.61 bits per heavy atom. The van der Waals surface area contributed by atoms with Gasteiger partial charge in [0.15, 0.2) is 0 Å². The third-order valence-electron chi connectivity index (χ3n) is 5.68. The average molecular weight is 387 g/mol. The molecule has 1 saturated carbocycles. The Morgan fingerprint density at radius 3 is 2.32 bits per heavy atom. The molecule has 3 amide bonds. The Kier molecular flexibility index (Phi) is 8.00. The molecule has 0 atom stereocenters. The number of carbonyl (C=O) groups is 2. The van der Waals surface area contributed by atoms with E-state index in [2.05, 4.69) is 33.0 Å². The van der Waals surface area contributed by atoms with Crippen molar-refractivity contribution in [1.29, 1.82) is 0 Å². The van der Waals surface area contributed by atoms with E-state index in [-0.39, 0.29) is 11.9 Å². The molecule has 0 bridgehead atoms. The summed E-state index contributed by atoms with van der Waals surface area (Å²) < 4.78 is 0. The molecule has 154 valence electrons. The van der Waals surface area contributed by atoms with Gasteiger partial charge in [-0.3, -0.25) is 4.79 Å². The molecule has 0 radical (unpaired) electrons. The molecule has 3 rings (SSSR count). The number of hydrogen-bond acceptors (Lipinski definition) is 3. The number of rotatable bonds is 7. The lowest BCUT2D eigenvalue weighted by Crippen LogP contribution is -2.43. The van der Waals surface area contributed by atoms with Gasteiger partial charge in [-0.2, -0.15) is 0 Å². The molecule has 1 aliphatic heterocycles. The van der Waals surface area contributed by atoms with Crippen LogP contribution in [0, 0.1) is 0 Å². The lowest BCUT2D eigenvalue weighted by atomic mass is 9.96. The summed E-state index contributed by atoms with van der Waals surface area (Å²) in [6.07, 6.45) is 10.7. The minimum Gasteiger partial charge on any atom is -0.372 e. The highest BCUT2D eigenvalue weighted by molar-refractivity contribution is 5.90. The summed E-state index contributed by atoms with van der Waals surface area (Å²) in [5, 5.41) is 8.82. The van der Waals surface area contributed by atoms with E-state index in [0.717, 1.165) is 31.6 Å². The van der Waals surface area contributed by atoms with Crippen LogP contribution < -0.4 is 20.9 Å². The number of amides is 3. The van der Waals surface area contributed by atoms with Crippen LogP contribution in [0.4, 0.5) is 16.2 Å². The van der Waals surface area contributed by atoms with Crippen molar-refractivity contribution in [3.05, 3.63) is 24.3 Å². The van der Waals surface area contributed by atoms with Crippen molar-refractivity contribution in [2.24, 2.45) is 0 Å². The smallest absolute Gasteiger partial charge is 0.315 e. The van der Waals surface area contributed by atoms with Crippen LogP contribution in [0.1, 0.15) is 64.2 Å². The number of carbonyl (C=O) groups excluding carboxylic acids is 2. The van der Waals surface area contributed by atoms with Crippen molar-refractivity contribution in [2.75, 3.05) is 29.9 Å². The summed E-state index contributed by atoms with van der Waals surface area (Å²) in [7, 11) is 0. The van der Waals surface area contributed by atoms with E-state index >= 15 is 0 Å². The van der Waals surface area contributed by atoms with E-state index in [1.54, 1.807) is 0 Å². The predicted molar refractivity (Wildman–Crippen MR) is 114 cm³/mol. The molecule has 1 aliphatic carbocycles. The molecule has 28 heavy (non-hydrogen) atoms. The largest absolute Gasteiger partial charge is 0.372 e. The van der Waals surface area contributed by atoms with Crippen molar-refractivity contribution in [3.63, 3.8) is 0 Å². The standard InChI is InChI=1S/C22H34N4O2/c27-21(10-7-15-23-22(28)25-18-8-3-1-4-9-18)24-19-11-13-20(14-12-19)26-16-5-2-6-17-26/h11-14,18H,1-10,15-17H2,(H,24,27)(H2,23,25,28). The van der Waals surface area contributed by atoms with Gasteiger partial charge in [-0.05, 0) is 62.8 Å². The van der Waals surface area contributed by atoms with Crippen molar-refractivity contribution in [2.45, 2.75) is 70.3 Å². The fraction of sp³-hybridized carbons (Fsp3) is 0.636. The van der Waals surface area contributed by atoms with E-state index in [9.17, 15) is 9.59 Å². The zero-order valence-corrected chi connectivity index (χ0v) is 16.8. The van der Waals surface area contributed by atoms with Gasteiger partial charge in [0, 0.05) is 43.5 Å². The van der Waals surface area contributed by atoms with Crippen LogP contribution in [0.2, 0.25) is 0 Å². The lowest BCUT2D eigenvalue weighted by Gasteiger charge is -2.28. The van der Waals surface area contributed by atoms with Crippen LogP contribution in [0.5, 0.6) is 0 Å². The van der Waals surface area contributed by atoms with Crippen LogP contribution in [0.25, 0.3) is 0 Å². The molecule has 1 aromatic rings. The Labute approximate surface area is 168 Å². The van der Waals surface area contributed by atoms with E-state index in [4.69, 9.17) is 0 Å². The van der Waals surface area contributed by atoms with Gasteiger partial charge < -0.3 is 20.9 Å². The number of urea groups is 1. The van der Waals surface area contributed by atoms with E-state index < -0.39 is 0 Å². The van der Waals surface area contributed by atoms with Crippen molar-refractivity contribution < 1.29 is 9.59 Å². The molecule has 3 N–H and O–H groups in total. The summed E-state index contributed by atoms with van der Waals surface area (Å²) in [5.74, 6) is -0.0137. The third kappa shape index (κ3) is 6.73. The maximum atomic E-state index is 12.1. The Morgan fingerprint density at radius 1 is 0.929 bits per heavy atom. The molecule has 0 spiro atoms. The lowest BCUT2D eigenvalue weighted by molar-refractivity contribution is -0.116. The summed E-state index contributed by atoms with van der Waals surface area (Å²) >= 11 is 0. The molecule has 0 aromatic heterocycles. The van der Waals surface area contributed by atoms with Gasteiger partial charge in [0.25, 0.3) is 0 Å². The highest BCUT2D eigenvalue weighted by Gasteiger charge is 2.15. The van der Waals surface area contributed by atoms with Crippen LogP contribution in [-0.4, -0.2) is 37.6 Å². The van der Waals surface area contributed by atoms with Gasteiger partial charge in [-0.15, -0.1) is 0 Å². The van der Waals surface area contributed by atoms with Crippen molar-refractivity contribution in [3.8, 4) is 0 Å². The quantitative estimate of drug-likeness (QED) is 0.620. The fourth-order valence-electron chi connectivity index (χ4n) is 4.07. The van der Waals surface area contributed by atoms with E-state index in [1.807, 2.05) is 12.1 Å². The van der Waals surface area contributed by atoms with E-state index in [0.29, 0.717) is 25.4 Å². The number of piperidine rings is 1. The first-order valence-electron chi connectivity index (χ1n) is 10.9. The van der Waals surface area contributed by atoms with Crippen LogP contribution >= 0.6 is 0 Å². The molecule has 0 unspecified atom stereocenters. The topological polar surface area (TPSA) is 73.5 Å². The highest BCUT2D eigenvalue weighted by Crippen LogP contribution is 2.22. The molecule has 2 fully saturated rings. The predicted octanol–water partition coefficient (Wildman–Crippen LogP) is 4.03. The Balaban J connectivity index is 1.30. The summed E-state index contributed by atoms with van der Waals surface area (Å²) in [4.78, 5) is 26.4. The maximum Gasteiger partial charge on any atom is 0.315 e. The summed E-state index contributed by atoms with van der Waals surface area (Å²) in [5.41, 5.74) is 2.06.